The molecule has 2 aromatic carbocycles. The van der Waals surface area contributed by atoms with Crippen molar-refractivity contribution in [1.29, 1.82) is 5.26 Å². The van der Waals surface area contributed by atoms with Crippen LogP contribution < -0.4 is 14.8 Å². The van der Waals surface area contributed by atoms with Crippen LogP contribution >= 0.6 is 11.6 Å². The Morgan fingerprint density at radius 3 is 2.77 bits per heavy atom. The molecule has 0 atom stereocenters. The van der Waals surface area contributed by atoms with Crippen molar-refractivity contribution in [2.75, 3.05) is 12.1 Å². The molecule has 26 heavy (non-hydrogen) atoms. The third-order valence-electron chi connectivity index (χ3n) is 3.47. The van der Waals surface area contributed by atoms with Gasteiger partial charge in [-0.05, 0) is 35.9 Å². The minimum atomic E-state index is -0.707. The van der Waals surface area contributed by atoms with E-state index >= 15 is 0 Å². The maximum absolute atomic E-state index is 12.3. The van der Waals surface area contributed by atoms with E-state index in [1.807, 2.05) is 0 Å². The number of nitrogens with zero attached hydrogens (tertiary/aromatic N) is 2. The van der Waals surface area contributed by atoms with Gasteiger partial charge in [-0.2, -0.15) is 5.26 Å². The molecule has 1 aliphatic rings. The van der Waals surface area contributed by atoms with Crippen LogP contribution in [0.2, 0.25) is 5.02 Å². The molecule has 0 radical (unpaired) electrons. The highest BCUT2D eigenvalue weighted by molar-refractivity contribution is 6.32. The molecule has 0 aliphatic carbocycles. The van der Waals surface area contributed by atoms with Crippen molar-refractivity contribution >= 4 is 35.0 Å². The van der Waals surface area contributed by atoms with Gasteiger partial charge in [-0.1, -0.05) is 17.7 Å². The first-order valence-corrected chi connectivity index (χ1v) is 7.62. The molecule has 1 N–H and O–H groups in total. The fourth-order valence-corrected chi connectivity index (χ4v) is 2.43. The Balaban J connectivity index is 1.82. The summed E-state index contributed by atoms with van der Waals surface area (Å²) in [5, 5.41) is 22.5. The van der Waals surface area contributed by atoms with Crippen molar-refractivity contribution in [3.63, 3.8) is 0 Å². The van der Waals surface area contributed by atoms with E-state index in [-0.39, 0.29) is 28.8 Å². The lowest BCUT2D eigenvalue weighted by Gasteiger charge is -2.05. The SMILES string of the molecule is N#C/C(=C\c1ccc2c(c1)OCO2)C(=O)Nc1ccc(Cl)c([N+](=O)[O-])c1. The second-order valence-corrected chi connectivity index (χ2v) is 5.57. The number of rotatable bonds is 4. The van der Waals surface area contributed by atoms with E-state index in [1.54, 1.807) is 24.3 Å². The highest BCUT2D eigenvalue weighted by Crippen LogP contribution is 2.33. The molecular formula is C17H10ClN3O5. The van der Waals surface area contributed by atoms with Crippen LogP contribution in [0.4, 0.5) is 11.4 Å². The van der Waals surface area contributed by atoms with Crippen LogP contribution in [-0.2, 0) is 4.79 Å². The van der Waals surface area contributed by atoms with Crippen LogP contribution in [-0.4, -0.2) is 17.6 Å². The van der Waals surface area contributed by atoms with Crippen molar-refractivity contribution in [3.05, 3.63) is 62.7 Å². The Labute approximate surface area is 152 Å². The highest BCUT2D eigenvalue weighted by Gasteiger charge is 2.17. The molecule has 2 aromatic rings. The van der Waals surface area contributed by atoms with Crippen molar-refractivity contribution in [2.24, 2.45) is 0 Å². The van der Waals surface area contributed by atoms with E-state index in [4.69, 9.17) is 21.1 Å². The number of hydrogen-bond acceptors (Lipinski definition) is 6. The Morgan fingerprint density at radius 2 is 2.04 bits per heavy atom. The van der Waals surface area contributed by atoms with E-state index in [1.165, 1.54) is 18.2 Å². The number of carbonyl (C=O) groups is 1. The quantitative estimate of drug-likeness (QED) is 0.380. The molecule has 0 saturated carbocycles. The number of anilines is 1. The maximum Gasteiger partial charge on any atom is 0.289 e. The smallest absolute Gasteiger partial charge is 0.289 e. The Bertz CT molecular complexity index is 981. The number of nitro groups is 1. The number of amides is 1. The number of nitrogens with one attached hydrogen (secondary N) is 1. The molecule has 3 rings (SSSR count). The van der Waals surface area contributed by atoms with Crippen molar-refractivity contribution in [1.82, 2.24) is 0 Å². The second kappa shape index (κ2) is 7.13. The lowest BCUT2D eigenvalue weighted by molar-refractivity contribution is -0.384. The summed E-state index contributed by atoms with van der Waals surface area (Å²) in [7, 11) is 0. The first-order valence-electron chi connectivity index (χ1n) is 7.24. The summed E-state index contributed by atoms with van der Waals surface area (Å²) in [6.45, 7) is 0.115. The second-order valence-electron chi connectivity index (χ2n) is 5.16. The van der Waals surface area contributed by atoms with Crippen molar-refractivity contribution < 1.29 is 19.2 Å². The molecule has 8 nitrogen and oxygen atoms in total. The largest absolute Gasteiger partial charge is 0.454 e. The molecule has 9 heteroatoms. The van der Waals surface area contributed by atoms with Gasteiger partial charge in [0.25, 0.3) is 11.6 Å². The average Bonchev–Trinajstić information content (AvgIpc) is 3.08. The number of ether oxygens (including phenoxy) is 2. The van der Waals surface area contributed by atoms with Gasteiger partial charge in [0, 0.05) is 11.8 Å². The highest BCUT2D eigenvalue weighted by atomic mass is 35.5. The number of nitriles is 1. The van der Waals surface area contributed by atoms with Gasteiger partial charge in [-0.15, -0.1) is 0 Å². The number of halogens is 1. The zero-order valence-corrected chi connectivity index (χ0v) is 13.8. The molecular weight excluding hydrogens is 362 g/mol. The number of carbonyl (C=O) groups excluding carboxylic acids is 1. The van der Waals surface area contributed by atoms with Crippen LogP contribution in [0.3, 0.4) is 0 Å². The van der Waals surface area contributed by atoms with Crippen LogP contribution in [0.15, 0.2) is 42.0 Å². The topological polar surface area (TPSA) is 114 Å². The van der Waals surface area contributed by atoms with E-state index < -0.39 is 10.8 Å². The third-order valence-corrected chi connectivity index (χ3v) is 3.79. The van der Waals surface area contributed by atoms with Crippen LogP contribution in [0.5, 0.6) is 11.5 Å². The third kappa shape index (κ3) is 3.58. The molecule has 0 bridgehead atoms. The Morgan fingerprint density at radius 1 is 1.27 bits per heavy atom. The van der Waals surface area contributed by atoms with Crippen molar-refractivity contribution in [3.8, 4) is 17.6 Å². The summed E-state index contributed by atoms with van der Waals surface area (Å²) >= 11 is 5.73. The summed E-state index contributed by atoms with van der Waals surface area (Å²) in [6.07, 6.45) is 1.38. The summed E-state index contributed by atoms with van der Waals surface area (Å²) in [6, 6.07) is 10.6. The van der Waals surface area contributed by atoms with Crippen LogP contribution in [0.1, 0.15) is 5.56 Å². The van der Waals surface area contributed by atoms with Gasteiger partial charge in [0.2, 0.25) is 6.79 Å². The summed E-state index contributed by atoms with van der Waals surface area (Å²) in [4.78, 5) is 22.5. The van der Waals surface area contributed by atoms with Gasteiger partial charge < -0.3 is 14.8 Å². The summed E-state index contributed by atoms with van der Waals surface area (Å²) in [5.74, 6) is 0.394. The summed E-state index contributed by atoms with van der Waals surface area (Å²) < 4.78 is 10.4. The number of hydrogen-bond donors (Lipinski definition) is 1. The molecule has 0 unspecified atom stereocenters. The van der Waals surface area contributed by atoms with E-state index in [2.05, 4.69) is 5.32 Å². The molecule has 130 valence electrons. The number of nitro benzene ring substituents is 1. The fraction of sp³-hybridized carbons (Fsp3) is 0.0588. The van der Waals surface area contributed by atoms with Gasteiger partial charge in [0.1, 0.15) is 16.7 Å². The molecule has 1 aliphatic heterocycles. The minimum Gasteiger partial charge on any atom is -0.454 e. The fourth-order valence-electron chi connectivity index (χ4n) is 2.25. The molecule has 0 aromatic heterocycles. The number of fused-ring (bicyclic) bond motifs is 1. The molecule has 0 spiro atoms. The van der Waals surface area contributed by atoms with Crippen LogP contribution in [0, 0.1) is 21.4 Å². The van der Waals surface area contributed by atoms with Crippen molar-refractivity contribution in [2.45, 2.75) is 0 Å². The molecule has 0 fully saturated rings. The zero-order valence-electron chi connectivity index (χ0n) is 13.1. The van der Waals surface area contributed by atoms with Gasteiger partial charge in [0.15, 0.2) is 11.5 Å². The van der Waals surface area contributed by atoms with Gasteiger partial charge in [-0.25, -0.2) is 0 Å². The normalized spacial score (nSPS) is 12.4. The lowest BCUT2D eigenvalue weighted by Crippen LogP contribution is -2.13. The molecule has 0 saturated heterocycles. The first-order chi connectivity index (χ1) is 12.5. The van der Waals surface area contributed by atoms with E-state index in [0.29, 0.717) is 17.1 Å². The molecule has 1 amide bonds. The predicted molar refractivity (Wildman–Crippen MR) is 92.9 cm³/mol. The van der Waals surface area contributed by atoms with E-state index in [0.717, 1.165) is 6.07 Å². The summed E-state index contributed by atoms with van der Waals surface area (Å²) in [5.41, 5.74) is 0.199. The Kier molecular flexibility index (Phi) is 4.73. The number of benzene rings is 2. The standard InChI is InChI=1S/C17H10ClN3O5/c18-13-3-2-12(7-14(13)21(23)24)20-17(22)11(8-19)5-10-1-4-15-16(6-10)26-9-25-15/h1-7H,9H2,(H,20,22)/b11-5+. The predicted octanol–water partition coefficient (Wildman–Crippen LogP) is 3.52. The maximum atomic E-state index is 12.3. The Hall–Kier alpha value is -3.57. The monoisotopic (exact) mass is 371 g/mol. The average molecular weight is 372 g/mol. The van der Waals surface area contributed by atoms with Gasteiger partial charge in [0.05, 0.1) is 4.92 Å². The first kappa shape index (κ1) is 17.3. The van der Waals surface area contributed by atoms with Gasteiger partial charge >= 0.3 is 0 Å². The lowest BCUT2D eigenvalue weighted by atomic mass is 10.1. The zero-order chi connectivity index (χ0) is 18.7. The van der Waals surface area contributed by atoms with Gasteiger partial charge in [-0.3, -0.25) is 14.9 Å². The van der Waals surface area contributed by atoms with Crippen LogP contribution in [0.25, 0.3) is 6.08 Å². The minimum absolute atomic E-state index is 0.0515. The molecule has 1 heterocycles. The van der Waals surface area contributed by atoms with E-state index in [9.17, 15) is 20.2 Å².